The molecule has 3 amide bonds. The largest absolute Gasteiger partial charge is 0.481 e. The topological polar surface area (TPSA) is 113 Å². The van der Waals surface area contributed by atoms with Crippen molar-refractivity contribution in [1.82, 2.24) is 10.2 Å². The first kappa shape index (κ1) is 16.8. The summed E-state index contributed by atoms with van der Waals surface area (Å²) < 4.78 is 0. The average molecular weight is 319 g/mol. The molecule has 1 heterocycles. The third-order valence-corrected chi connectivity index (χ3v) is 4.15. The van der Waals surface area contributed by atoms with Crippen molar-refractivity contribution < 1.29 is 19.5 Å². The Morgan fingerprint density at radius 3 is 2.65 bits per heavy atom. The quantitative estimate of drug-likeness (QED) is 0.752. The minimum absolute atomic E-state index is 0.0557. The van der Waals surface area contributed by atoms with Gasteiger partial charge in [-0.05, 0) is 24.5 Å². The summed E-state index contributed by atoms with van der Waals surface area (Å²) in [7, 11) is 0. The maximum Gasteiger partial charge on any atom is 0.312 e. The summed E-state index contributed by atoms with van der Waals surface area (Å²) in [5, 5.41) is 11.6. The van der Waals surface area contributed by atoms with Crippen LogP contribution in [-0.4, -0.2) is 41.0 Å². The molecular formula is C16H21N3O4. The minimum atomic E-state index is -0.883. The van der Waals surface area contributed by atoms with E-state index >= 15 is 0 Å². The molecule has 1 fully saturated rings. The van der Waals surface area contributed by atoms with Crippen molar-refractivity contribution in [2.24, 2.45) is 11.7 Å². The smallest absolute Gasteiger partial charge is 0.312 e. The molecular weight excluding hydrogens is 298 g/mol. The Kier molecular flexibility index (Phi) is 5.20. The standard InChI is InChI=1S/C16H21N3O4/c1-10-4-2-3-5-12(10)13(18-16(17)23)8-14(20)19-7-6-11(9-19)15(21)22/h2-5,11,13H,6-9H2,1H3,(H,21,22)(H3,17,18,23)/t11-,13-/m0/s1. The van der Waals surface area contributed by atoms with Gasteiger partial charge in [0.15, 0.2) is 0 Å². The van der Waals surface area contributed by atoms with Crippen molar-refractivity contribution in [1.29, 1.82) is 0 Å². The molecule has 0 radical (unpaired) electrons. The van der Waals surface area contributed by atoms with Crippen LogP contribution in [0.25, 0.3) is 0 Å². The summed E-state index contributed by atoms with van der Waals surface area (Å²) in [5.74, 6) is -1.58. The number of carbonyl (C=O) groups excluding carboxylic acids is 2. The monoisotopic (exact) mass is 319 g/mol. The Labute approximate surface area is 134 Å². The first-order chi connectivity index (χ1) is 10.9. The summed E-state index contributed by atoms with van der Waals surface area (Å²) in [5.41, 5.74) is 6.99. The highest BCUT2D eigenvalue weighted by molar-refractivity contribution is 5.80. The van der Waals surface area contributed by atoms with Gasteiger partial charge < -0.3 is 21.1 Å². The Morgan fingerprint density at radius 1 is 1.39 bits per heavy atom. The first-order valence-electron chi connectivity index (χ1n) is 7.50. The highest BCUT2D eigenvalue weighted by atomic mass is 16.4. The second kappa shape index (κ2) is 7.13. The van der Waals surface area contributed by atoms with Crippen LogP contribution >= 0.6 is 0 Å². The van der Waals surface area contributed by atoms with E-state index in [1.165, 1.54) is 4.90 Å². The number of hydrogen-bond acceptors (Lipinski definition) is 3. The van der Waals surface area contributed by atoms with E-state index in [0.717, 1.165) is 11.1 Å². The predicted molar refractivity (Wildman–Crippen MR) is 83.6 cm³/mol. The van der Waals surface area contributed by atoms with E-state index in [2.05, 4.69) is 5.32 Å². The van der Waals surface area contributed by atoms with Crippen molar-refractivity contribution in [3.05, 3.63) is 35.4 Å². The molecule has 7 heteroatoms. The number of hydrogen-bond donors (Lipinski definition) is 3. The molecule has 1 saturated heterocycles. The summed E-state index contributed by atoms with van der Waals surface area (Å²) in [6, 6.07) is 6.22. The highest BCUT2D eigenvalue weighted by Gasteiger charge is 2.32. The number of nitrogens with one attached hydrogen (secondary N) is 1. The number of nitrogens with zero attached hydrogens (tertiary/aromatic N) is 1. The van der Waals surface area contributed by atoms with Crippen molar-refractivity contribution >= 4 is 17.9 Å². The zero-order chi connectivity index (χ0) is 17.0. The van der Waals surface area contributed by atoms with Crippen LogP contribution in [0, 0.1) is 12.8 Å². The van der Waals surface area contributed by atoms with Gasteiger partial charge in [0, 0.05) is 13.1 Å². The van der Waals surface area contributed by atoms with Crippen LogP contribution in [-0.2, 0) is 9.59 Å². The summed E-state index contributed by atoms with van der Waals surface area (Å²) in [6.45, 7) is 2.53. The van der Waals surface area contributed by atoms with Crippen molar-refractivity contribution in [3.63, 3.8) is 0 Å². The number of aliphatic carboxylic acids is 1. The number of carbonyl (C=O) groups is 3. The van der Waals surface area contributed by atoms with E-state index < -0.39 is 24.0 Å². The Balaban J connectivity index is 2.09. The van der Waals surface area contributed by atoms with Crippen LogP contribution in [0.5, 0.6) is 0 Å². The lowest BCUT2D eigenvalue weighted by Gasteiger charge is -2.23. The fourth-order valence-corrected chi connectivity index (χ4v) is 2.88. The molecule has 0 saturated carbocycles. The molecule has 4 N–H and O–H groups in total. The van der Waals surface area contributed by atoms with E-state index in [1.54, 1.807) is 0 Å². The molecule has 23 heavy (non-hydrogen) atoms. The molecule has 0 aromatic heterocycles. The third kappa shape index (κ3) is 4.21. The first-order valence-corrected chi connectivity index (χ1v) is 7.50. The molecule has 1 aromatic carbocycles. The van der Waals surface area contributed by atoms with Crippen LogP contribution in [0.4, 0.5) is 4.79 Å². The van der Waals surface area contributed by atoms with Gasteiger partial charge in [0.25, 0.3) is 0 Å². The van der Waals surface area contributed by atoms with Crippen molar-refractivity contribution in [2.45, 2.75) is 25.8 Å². The number of nitrogens with two attached hydrogens (primary N) is 1. The van der Waals surface area contributed by atoms with Crippen LogP contribution in [0.3, 0.4) is 0 Å². The number of rotatable bonds is 5. The van der Waals surface area contributed by atoms with Crippen molar-refractivity contribution in [3.8, 4) is 0 Å². The molecule has 7 nitrogen and oxygen atoms in total. The van der Waals surface area contributed by atoms with Gasteiger partial charge in [0.2, 0.25) is 5.91 Å². The molecule has 2 rings (SSSR count). The number of amides is 3. The van der Waals surface area contributed by atoms with Gasteiger partial charge >= 0.3 is 12.0 Å². The zero-order valence-corrected chi connectivity index (χ0v) is 13.0. The molecule has 1 aromatic rings. The number of carboxylic acid groups (broad SMARTS) is 1. The van der Waals surface area contributed by atoms with E-state index in [-0.39, 0.29) is 18.9 Å². The fourth-order valence-electron chi connectivity index (χ4n) is 2.88. The predicted octanol–water partition coefficient (Wildman–Crippen LogP) is 1.03. The Morgan fingerprint density at radius 2 is 2.09 bits per heavy atom. The normalized spacial score (nSPS) is 18.5. The molecule has 1 aliphatic heterocycles. The van der Waals surface area contributed by atoms with Gasteiger partial charge in [0.1, 0.15) is 0 Å². The zero-order valence-electron chi connectivity index (χ0n) is 13.0. The third-order valence-electron chi connectivity index (χ3n) is 4.15. The number of primary amides is 1. The number of urea groups is 1. The summed E-state index contributed by atoms with van der Waals surface area (Å²) in [4.78, 5) is 36.2. The lowest BCUT2D eigenvalue weighted by Crippen LogP contribution is -2.38. The Bertz CT molecular complexity index is 617. The van der Waals surface area contributed by atoms with Crippen LogP contribution < -0.4 is 11.1 Å². The van der Waals surface area contributed by atoms with Gasteiger partial charge in [-0.3, -0.25) is 9.59 Å². The van der Waals surface area contributed by atoms with Crippen LogP contribution in [0.15, 0.2) is 24.3 Å². The van der Waals surface area contributed by atoms with Crippen LogP contribution in [0.2, 0.25) is 0 Å². The van der Waals surface area contributed by atoms with E-state index in [0.29, 0.717) is 13.0 Å². The number of aryl methyl sites for hydroxylation is 1. The molecule has 0 bridgehead atoms. The van der Waals surface area contributed by atoms with E-state index in [9.17, 15) is 14.4 Å². The maximum absolute atomic E-state index is 12.4. The molecule has 124 valence electrons. The number of carboxylic acids is 1. The van der Waals surface area contributed by atoms with Gasteiger partial charge in [-0.15, -0.1) is 0 Å². The fraction of sp³-hybridized carbons (Fsp3) is 0.438. The minimum Gasteiger partial charge on any atom is -0.481 e. The lowest BCUT2D eigenvalue weighted by atomic mass is 9.98. The SMILES string of the molecule is Cc1ccccc1[C@H](CC(=O)N1CC[C@H](C(=O)O)C1)NC(N)=O. The van der Waals surface area contributed by atoms with Gasteiger partial charge in [-0.1, -0.05) is 24.3 Å². The van der Waals surface area contributed by atoms with Gasteiger partial charge in [-0.2, -0.15) is 0 Å². The summed E-state index contributed by atoms with van der Waals surface area (Å²) >= 11 is 0. The molecule has 2 atom stereocenters. The summed E-state index contributed by atoms with van der Waals surface area (Å²) in [6.07, 6.45) is 0.513. The molecule has 0 aliphatic carbocycles. The molecule has 0 spiro atoms. The Hall–Kier alpha value is -2.57. The number of likely N-dealkylation sites (tertiary alicyclic amines) is 1. The van der Waals surface area contributed by atoms with Crippen LogP contribution in [0.1, 0.15) is 30.0 Å². The lowest BCUT2D eigenvalue weighted by molar-refractivity contribution is -0.141. The maximum atomic E-state index is 12.4. The number of benzene rings is 1. The molecule has 0 unspecified atom stereocenters. The average Bonchev–Trinajstić information content (AvgIpc) is 2.96. The van der Waals surface area contributed by atoms with E-state index in [4.69, 9.17) is 10.8 Å². The molecule has 1 aliphatic rings. The highest BCUT2D eigenvalue weighted by Crippen LogP contribution is 2.24. The van der Waals surface area contributed by atoms with Gasteiger partial charge in [0.05, 0.1) is 18.4 Å². The second-order valence-corrected chi connectivity index (χ2v) is 5.79. The second-order valence-electron chi connectivity index (χ2n) is 5.79. The van der Waals surface area contributed by atoms with E-state index in [1.807, 2.05) is 31.2 Å². The van der Waals surface area contributed by atoms with Crippen molar-refractivity contribution in [2.75, 3.05) is 13.1 Å². The van der Waals surface area contributed by atoms with Gasteiger partial charge in [-0.25, -0.2) is 4.79 Å².